The van der Waals surface area contributed by atoms with Crippen LogP contribution in [-0.4, -0.2) is 31.1 Å². The van der Waals surface area contributed by atoms with E-state index in [9.17, 15) is 14.0 Å². The van der Waals surface area contributed by atoms with Crippen LogP contribution in [0.1, 0.15) is 24.1 Å². The normalized spacial score (nSPS) is 10.8. The number of aryl methyl sites for hydroxylation is 3. The third kappa shape index (κ3) is 4.63. The van der Waals surface area contributed by atoms with Crippen LogP contribution in [0.3, 0.4) is 0 Å². The van der Waals surface area contributed by atoms with E-state index in [1.807, 2.05) is 6.92 Å². The number of rotatable bonds is 6. The van der Waals surface area contributed by atoms with Crippen LogP contribution in [0.5, 0.6) is 0 Å². The van der Waals surface area contributed by atoms with Crippen molar-refractivity contribution in [2.75, 3.05) is 5.32 Å². The van der Waals surface area contributed by atoms with E-state index >= 15 is 0 Å². The maximum absolute atomic E-state index is 13.0. The minimum Gasteiger partial charge on any atom is -0.324 e. The first kappa shape index (κ1) is 18.4. The van der Waals surface area contributed by atoms with Gasteiger partial charge in [-0.05, 0) is 61.4 Å². The van der Waals surface area contributed by atoms with Crippen molar-refractivity contribution in [2.45, 2.75) is 33.2 Å². The van der Waals surface area contributed by atoms with Crippen molar-refractivity contribution in [3.8, 4) is 11.4 Å². The number of aromatic nitrogens is 5. The molecule has 0 spiro atoms. The van der Waals surface area contributed by atoms with Gasteiger partial charge in [-0.3, -0.25) is 9.59 Å². The van der Waals surface area contributed by atoms with Crippen LogP contribution in [-0.2, 0) is 11.3 Å². The Hall–Kier alpha value is -3.36. The average molecular weight is 370 g/mol. The number of hydrogen-bond donors (Lipinski definition) is 2. The monoisotopic (exact) mass is 370 g/mol. The van der Waals surface area contributed by atoms with Gasteiger partial charge in [-0.25, -0.2) is 4.39 Å². The van der Waals surface area contributed by atoms with Crippen LogP contribution in [0, 0.1) is 19.7 Å². The standard InChI is InChI=1S/C18H19FN6O2/c1-11-10-15(18(27)20-12(11)2)21-16(26)4-3-9-25-23-17(22-24-25)13-5-7-14(19)8-6-13/h5-8,10H,3-4,9H2,1-2H3,(H,20,27)(H,21,26). The lowest BCUT2D eigenvalue weighted by Gasteiger charge is -2.06. The lowest BCUT2D eigenvalue weighted by atomic mass is 10.2. The summed E-state index contributed by atoms with van der Waals surface area (Å²) in [5, 5.41) is 14.7. The zero-order valence-corrected chi connectivity index (χ0v) is 15.0. The van der Waals surface area contributed by atoms with Gasteiger partial charge >= 0.3 is 0 Å². The number of nitrogens with zero attached hydrogens (tertiary/aromatic N) is 4. The topological polar surface area (TPSA) is 106 Å². The molecule has 0 saturated carbocycles. The lowest BCUT2D eigenvalue weighted by Crippen LogP contribution is -2.21. The number of amides is 1. The molecule has 0 aliphatic heterocycles. The molecule has 0 bridgehead atoms. The predicted molar refractivity (Wildman–Crippen MR) is 97.6 cm³/mol. The van der Waals surface area contributed by atoms with E-state index in [0.29, 0.717) is 24.4 Å². The fourth-order valence-corrected chi connectivity index (χ4v) is 2.47. The van der Waals surface area contributed by atoms with E-state index in [4.69, 9.17) is 0 Å². The second-order valence-electron chi connectivity index (χ2n) is 6.19. The molecule has 1 amide bonds. The van der Waals surface area contributed by atoms with Crippen molar-refractivity contribution in [1.29, 1.82) is 0 Å². The minimum absolute atomic E-state index is 0.208. The Morgan fingerprint density at radius 3 is 2.74 bits per heavy atom. The van der Waals surface area contributed by atoms with Crippen molar-refractivity contribution >= 4 is 11.6 Å². The Labute approximate surface area is 154 Å². The number of hydrogen-bond acceptors (Lipinski definition) is 5. The van der Waals surface area contributed by atoms with E-state index in [2.05, 4.69) is 25.7 Å². The molecule has 8 nitrogen and oxygen atoms in total. The van der Waals surface area contributed by atoms with Crippen LogP contribution in [0.25, 0.3) is 11.4 Å². The predicted octanol–water partition coefficient (Wildman–Crippen LogP) is 2.20. The molecule has 0 fully saturated rings. The maximum atomic E-state index is 13.0. The van der Waals surface area contributed by atoms with E-state index < -0.39 is 0 Å². The van der Waals surface area contributed by atoms with Crippen LogP contribution < -0.4 is 10.9 Å². The smallest absolute Gasteiger partial charge is 0.271 e. The summed E-state index contributed by atoms with van der Waals surface area (Å²) in [4.78, 5) is 28.0. The molecule has 1 aromatic carbocycles. The number of H-pyrrole nitrogens is 1. The summed E-state index contributed by atoms with van der Waals surface area (Å²) in [6.07, 6.45) is 0.688. The van der Waals surface area contributed by atoms with Gasteiger partial charge < -0.3 is 10.3 Å². The number of nitrogens with one attached hydrogen (secondary N) is 2. The van der Waals surface area contributed by atoms with Gasteiger partial charge in [-0.1, -0.05) is 0 Å². The number of carbonyl (C=O) groups is 1. The van der Waals surface area contributed by atoms with Crippen molar-refractivity contribution in [3.63, 3.8) is 0 Å². The molecule has 2 N–H and O–H groups in total. The first-order chi connectivity index (χ1) is 12.9. The molecule has 140 valence electrons. The Morgan fingerprint density at radius 2 is 2.00 bits per heavy atom. The Balaban J connectivity index is 1.53. The number of tetrazole rings is 1. The lowest BCUT2D eigenvalue weighted by molar-refractivity contribution is -0.116. The molecular formula is C18H19FN6O2. The minimum atomic E-state index is -0.334. The van der Waals surface area contributed by atoms with Crippen molar-refractivity contribution in [3.05, 3.63) is 57.8 Å². The quantitative estimate of drug-likeness (QED) is 0.692. The van der Waals surface area contributed by atoms with E-state index in [1.54, 1.807) is 25.1 Å². The van der Waals surface area contributed by atoms with E-state index in [-0.39, 0.29) is 29.4 Å². The third-order valence-electron chi connectivity index (χ3n) is 4.09. The Bertz CT molecular complexity index is 1010. The van der Waals surface area contributed by atoms with Crippen LogP contribution in [0.4, 0.5) is 10.1 Å². The number of carbonyl (C=O) groups excluding carboxylic acids is 1. The van der Waals surface area contributed by atoms with Gasteiger partial charge in [-0.15, -0.1) is 10.2 Å². The molecule has 2 heterocycles. The molecule has 0 radical (unpaired) electrons. The Morgan fingerprint density at radius 1 is 1.26 bits per heavy atom. The number of anilines is 1. The fourth-order valence-electron chi connectivity index (χ4n) is 2.47. The van der Waals surface area contributed by atoms with Gasteiger partial charge in [0.1, 0.15) is 11.5 Å². The number of pyridine rings is 1. The summed E-state index contributed by atoms with van der Waals surface area (Å²) >= 11 is 0. The van der Waals surface area contributed by atoms with Gasteiger partial charge in [0.15, 0.2) is 0 Å². The van der Waals surface area contributed by atoms with Crippen molar-refractivity contribution in [1.82, 2.24) is 25.2 Å². The largest absolute Gasteiger partial charge is 0.324 e. The molecule has 3 rings (SSSR count). The first-order valence-electron chi connectivity index (χ1n) is 8.46. The van der Waals surface area contributed by atoms with Crippen molar-refractivity contribution < 1.29 is 9.18 Å². The summed E-state index contributed by atoms with van der Waals surface area (Å²) in [7, 11) is 0. The zero-order chi connectivity index (χ0) is 19.4. The molecule has 0 atom stereocenters. The molecule has 0 saturated heterocycles. The second kappa shape index (κ2) is 7.90. The third-order valence-corrected chi connectivity index (χ3v) is 4.09. The summed E-state index contributed by atoms with van der Waals surface area (Å²) in [5.74, 6) is -0.205. The average Bonchev–Trinajstić information content (AvgIpc) is 3.09. The van der Waals surface area contributed by atoms with E-state index in [0.717, 1.165) is 11.3 Å². The molecule has 2 aromatic heterocycles. The molecule has 0 aliphatic carbocycles. The molecule has 27 heavy (non-hydrogen) atoms. The summed E-state index contributed by atoms with van der Waals surface area (Å²) in [5.41, 5.74) is 2.24. The zero-order valence-electron chi connectivity index (χ0n) is 15.0. The van der Waals surface area contributed by atoms with Gasteiger partial charge in [0.05, 0.1) is 6.54 Å². The summed E-state index contributed by atoms with van der Waals surface area (Å²) < 4.78 is 13.0. The van der Waals surface area contributed by atoms with Crippen LogP contribution in [0.2, 0.25) is 0 Å². The Kier molecular flexibility index (Phi) is 5.39. The number of benzene rings is 1. The SMILES string of the molecule is Cc1cc(NC(=O)CCCn2nnc(-c3ccc(F)cc3)n2)c(=O)[nH]c1C. The molecule has 0 unspecified atom stereocenters. The van der Waals surface area contributed by atoms with Gasteiger partial charge in [0.2, 0.25) is 11.7 Å². The molecule has 9 heteroatoms. The number of halogens is 1. The van der Waals surface area contributed by atoms with Crippen LogP contribution in [0.15, 0.2) is 35.1 Å². The van der Waals surface area contributed by atoms with Crippen LogP contribution >= 0.6 is 0 Å². The fraction of sp³-hybridized carbons (Fsp3) is 0.278. The highest BCUT2D eigenvalue weighted by molar-refractivity contribution is 5.90. The highest BCUT2D eigenvalue weighted by atomic mass is 19.1. The van der Waals surface area contributed by atoms with Gasteiger partial charge in [0.25, 0.3) is 5.56 Å². The van der Waals surface area contributed by atoms with Gasteiger partial charge in [-0.2, -0.15) is 4.80 Å². The molecule has 3 aromatic rings. The summed E-state index contributed by atoms with van der Waals surface area (Å²) in [6.45, 7) is 4.05. The highest BCUT2D eigenvalue weighted by Gasteiger charge is 2.09. The molecule has 0 aliphatic rings. The first-order valence-corrected chi connectivity index (χ1v) is 8.46. The maximum Gasteiger partial charge on any atom is 0.271 e. The highest BCUT2D eigenvalue weighted by Crippen LogP contribution is 2.14. The van der Waals surface area contributed by atoms with Gasteiger partial charge in [0, 0.05) is 17.7 Å². The summed E-state index contributed by atoms with van der Waals surface area (Å²) in [6, 6.07) is 7.46. The van der Waals surface area contributed by atoms with Crippen molar-refractivity contribution in [2.24, 2.45) is 0 Å². The number of aromatic amines is 1. The molecular weight excluding hydrogens is 351 g/mol. The van der Waals surface area contributed by atoms with E-state index in [1.165, 1.54) is 16.9 Å². The second-order valence-corrected chi connectivity index (χ2v) is 6.19.